The zero-order chi connectivity index (χ0) is 13.8. The van der Waals surface area contributed by atoms with E-state index < -0.39 is 0 Å². The molecule has 100 valence electrons. The van der Waals surface area contributed by atoms with Crippen LogP contribution >= 0.6 is 15.9 Å². The van der Waals surface area contributed by atoms with Crippen LogP contribution in [0.25, 0.3) is 0 Å². The minimum absolute atomic E-state index is 0.326. The Kier molecular flexibility index (Phi) is 4.52. The number of hydrogen-bond donors (Lipinski definition) is 2. The van der Waals surface area contributed by atoms with E-state index in [-0.39, 0.29) is 11.9 Å². The molecule has 0 amide bonds. The van der Waals surface area contributed by atoms with Crippen molar-refractivity contribution in [1.29, 1.82) is 0 Å². The number of nitrogens with one attached hydrogen (secondary N) is 1. The van der Waals surface area contributed by atoms with Crippen molar-refractivity contribution in [3.63, 3.8) is 0 Å². The highest BCUT2D eigenvalue weighted by molar-refractivity contribution is 9.10. The molecule has 0 saturated carbocycles. The Morgan fingerprint density at radius 1 is 1.16 bits per heavy atom. The van der Waals surface area contributed by atoms with E-state index in [1.807, 2.05) is 30.3 Å². The first-order valence-corrected chi connectivity index (χ1v) is 6.51. The standard InChI is InChI=1S/C14H14BrFN2O/c1-19-12-8-3-2-5-9(12)14(18-17)10-6-4-7-11(16)13(10)15/h2-8,14,18H,17H2,1H3. The van der Waals surface area contributed by atoms with E-state index in [1.165, 1.54) is 6.07 Å². The van der Waals surface area contributed by atoms with Crippen molar-refractivity contribution in [2.24, 2.45) is 5.84 Å². The molecule has 0 aliphatic heterocycles. The number of hydrogen-bond acceptors (Lipinski definition) is 3. The van der Waals surface area contributed by atoms with Crippen LogP contribution in [0.2, 0.25) is 0 Å². The zero-order valence-electron chi connectivity index (χ0n) is 10.4. The molecular weight excluding hydrogens is 311 g/mol. The number of methoxy groups -OCH3 is 1. The summed E-state index contributed by atoms with van der Waals surface area (Å²) in [5, 5.41) is 0. The van der Waals surface area contributed by atoms with E-state index in [9.17, 15) is 4.39 Å². The average Bonchev–Trinajstić information content (AvgIpc) is 2.45. The SMILES string of the molecule is COc1ccccc1C(NN)c1cccc(F)c1Br. The molecule has 0 bridgehead atoms. The van der Waals surface area contributed by atoms with Gasteiger partial charge in [0.05, 0.1) is 17.6 Å². The summed E-state index contributed by atoms with van der Waals surface area (Å²) in [6.07, 6.45) is 0. The van der Waals surface area contributed by atoms with Crippen LogP contribution in [0, 0.1) is 5.82 Å². The van der Waals surface area contributed by atoms with Crippen molar-refractivity contribution in [1.82, 2.24) is 5.43 Å². The second-order valence-corrected chi connectivity index (χ2v) is 4.78. The van der Waals surface area contributed by atoms with E-state index in [0.717, 1.165) is 5.56 Å². The van der Waals surface area contributed by atoms with Gasteiger partial charge >= 0.3 is 0 Å². The Morgan fingerprint density at radius 3 is 2.53 bits per heavy atom. The van der Waals surface area contributed by atoms with E-state index in [0.29, 0.717) is 15.8 Å². The quantitative estimate of drug-likeness (QED) is 0.671. The lowest BCUT2D eigenvalue weighted by Gasteiger charge is -2.20. The van der Waals surface area contributed by atoms with Crippen LogP contribution in [0.4, 0.5) is 4.39 Å². The van der Waals surface area contributed by atoms with Gasteiger partial charge in [-0.3, -0.25) is 5.84 Å². The normalized spacial score (nSPS) is 12.2. The molecule has 0 spiro atoms. The Bertz CT molecular complexity index is 577. The number of hydrazine groups is 1. The first kappa shape index (κ1) is 14.0. The molecule has 0 heterocycles. The second-order valence-electron chi connectivity index (χ2n) is 3.98. The Balaban J connectivity index is 2.53. The molecule has 0 fully saturated rings. The van der Waals surface area contributed by atoms with Gasteiger partial charge in [-0.2, -0.15) is 0 Å². The third-order valence-electron chi connectivity index (χ3n) is 2.91. The second kappa shape index (κ2) is 6.14. The lowest BCUT2D eigenvalue weighted by molar-refractivity contribution is 0.404. The summed E-state index contributed by atoms with van der Waals surface area (Å²) >= 11 is 3.25. The number of halogens is 2. The van der Waals surface area contributed by atoms with Gasteiger partial charge in [-0.25, -0.2) is 9.82 Å². The van der Waals surface area contributed by atoms with Gasteiger partial charge in [-0.15, -0.1) is 0 Å². The molecule has 0 radical (unpaired) electrons. The summed E-state index contributed by atoms with van der Waals surface area (Å²) < 4.78 is 19.3. The molecule has 3 nitrogen and oxygen atoms in total. The highest BCUT2D eigenvalue weighted by Gasteiger charge is 2.20. The van der Waals surface area contributed by atoms with Gasteiger partial charge in [0.1, 0.15) is 11.6 Å². The van der Waals surface area contributed by atoms with Crippen LogP contribution < -0.4 is 16.0 Å². The molecule has 2 aromatic rings. The minimum atomic E-state index is -0.360. The fourth-order valence-electron chi connectivity index (χ4n) is 2.00. The number of ether oxygens (including phenoxy) is 1. The molecule has 19 heavy (non-hydrogen) atoms. The van der Waals surface area contributed by atoms with Crippen molar-refractivity contribution < 1.29 is 9.13 Å². The zero-order valence-corrected chi connectivity index (χ0v) is 11.9. The summed E-state index contributed by atoms with van der Waals surface area (Å²) in [5.41, 5.74) is 4.26. The van der Waals surface area contributed by atoms with E-state index >= 15 is 0 Å². The summed E-state index contributed by atoms with van der Waals surface area (Å²) in [5.74, 6) is 6.00. The maximum atomic E-state index is 13.6. The van der Waals surface area contributed by atoms with Crippen LogP contribution in [0.5, 0.6) is 5.75 Å². The number of benzene rings is 2. The monoisotopic (exact) mass is 324 g/mol. The lowest BCUT2D eigenvalue weighted by Crippen LogP contribution is -2.29. The summed E-state index contributed by atoms with van der Waals surface area (Å²) in [6, 6.07) is 12.0. The van der Waals surface area contributed by atoms with Crippen molar-refractivity contribution in [3.8, 4) is 5.75 Å². The van der Waals surface area contributed by atoms with Crippen molar-refractivity contribution in [3.05, 3.63) is 63.9 Å². The van der Waals surface area contributed by atoms with Crippen molar-refractivity contribution >= 4 is 15.9 Å². The predicted octanol–water partition coefficient (Wildman–Crippen LogP) is 3.15. The molecule has 0 aliphatic rings. The summed E-state index contributed by atoms with van der Waals surface area (Å²) in [6.45, 7) is 0. The van der Waals surface area contributed by atoms with Crippen LogP contribution in [0.1, 0.15) is 17.2 Å². The highest BCUT2D eigenvalue weighted by Crippen LogP contribution is 2.34. The molecule has 2 rings (SSSR count). The van der Waals surface area contributed by atoms with Gasteiger partial charge in [0.25, 0.3) is 0 Å². The van der Waals surface area contributed by atoms with Crippen LogP contribution in [-0.2, 0) is 0 Å². The molecule has 3 N–H and O–H groups in total. The fraction of sp³-hybridized carbons (Fsp3) is 0.143. The predicted molar refractivity (Wildman–Crippen MR) is 76.3 cm³/mol. The van der Waals surface area contributed by atoms with Gasteiger partial charge in [-0.05, 0) is 33.6 Å². The van der Waals surface area contributed by atoms with Crippen LogP contribution in [0.3, 0.4) is 0 Å². The van der Waals surface area contributed by atoms with Crippen LogP contribution in [0.15, 0.2) is 46.9 Å². The number of para-hydroxylation sites is 1. The molecule has 2 aromatic carbocycles. The summed E-state index contributed by atoms with van der Waals surface area (Å²) in [7, 11) is 1.59. The molecule has 0 aliphatic carbocycles. The molecular formula is C14H14BrFN2O. The topological polar surface area (TPSA) is 47.3 Å². The smallest absolute Gasteiger partial charge is 0.137 e. The maximum absolute atomic E-state index is 13.6. The van der Waals surface area contributed by atoms with Gasteiger partial charge < -0.3 is 4.74 Å². The molecule has 1 atom stereocenters. The first-order chi connectivity index (χ1) is 9.19. The highest BCUT2D eigenvalue weighted by atomic mass is 79.9. The molecule has 5 heteroatoms. The van der Waals surface area contributed by atoms with Gasteiger partial charge in [0, 0.05) is 5.56 Å². The van der Waals surface area contributed by atoms with Gasteiger partial charge in [-0.1, -0.05) is 30.3 Å². The Hall–Kier alpha value is -1.43. The lowest BCUT2D eigenvalue weighted by atomic mass is 9.98. The summed E-state index contributed by atoms with van der Waals surface area (Å²) in [4.78, 5) is 0. The Labute approximate surface area is 119 Å². The number of rotatable bonds is 4. The molecule has 1 unspecified atom stereocenters. The van der Waals surface area contributed by atoms with Crippen molar-refractivity contribution in [2.45, 2.75) is 6.04 Å². The van der Waals surface area contributed by atoms with Crippen molar-refractivity contribution in [2.75, 3.05) is 7.11 Å². The molecule has 0 saturated heterocycles. The van der Waals surface area contributed by atoms with E-state index in [4.69, 9.17) is 10.6 Å². The fourth-order valence-corrected chi connectivity index (χ4v) is 2.49. The van der Waals surface area contributed by atoms with Crippen LogP contribution in [-0.4, -0.2) is 7.11 Å². The first-order valence-electron chi connectivity index (χ1n) is 5.72. The van der Waals surface area contributed by atoms with E-state index in [2.05, 4.69) is 21.4 Å². The van der Waals surface area contributed by atoms with E-state index in [1.54, 1.807) is 13.2 Å². The minimum Gasteiger partial charge on any atom is -0.496 e. The van der Waals surface area contributed by atoms with Gasteiger partial charge in [0.15, 0.2) is 0 Å². The largest absolute Gasteiger partial charge is 0.496 e. The molecule has 0 aromatic heterocycles. The number of nitrogens with two attached hydrogens (primary N) is 1. The van der Waals surface area contributed by atoms with Gasteiger partial charge in [0.2, 0.25) is 0 Å². The maximum Gasteiger partial charge on any atom is 0.137 e. The third kappa shape index (κ3) is 2.78. The average molecular weight is 325 g/mol. The third-order valence-corrected chi connectivity index (χ3v) is 3.75. The Morgan fingerprint density at radius 2 is 1.84 bits per heavy atom.